The first kappa shape index (κ1) is 14.9. The minimum Gasteiger partial charge on any atom is -0.370 e. The Bertz CT molecular complexity index is 323. The zero-order chi connectivity index (χ0) is 13.5. The van der Waals surface area contributed by atoms with Crippen molar-refractivity contribution in [2.75, 3.05) is 19.8 Å². The molecule has 1 aliphatic heterocycles. The van der Waals surface area contributed by atoms with Crippen molar-refractivity contribution in [1.82, 2.24) is 4.90 Å². The van der Waals surface area contributed by atoms with E-state index in [-0.39, 0.29) is 0 Å². The molecule has 0 aliphatic carbocycles. The van der Waals surface area contributed by atoms with Crippen molar-refractivity contribution in [2.24, 2.45) is 16.8 Å². The van der Waals surface area contributed by atoms with E-state index >= 15 is 0 Å². The van der Waals surface area contributed by atoms with Crippen LogP contribution in [0.3, 0.4) is 0 Å². The molecule has 0 amide bonds. The third-order valence-electron chi connectivity index (χ3n) is 3.82. The molecule has 1 aliphatic rings. The smallest absolute Gasteiger partial charge is 0.108 e. The van der Waals surface area contributed by atoms with E-state index < -0.39 is 6.67 Å². The Hall–Kier alpha value is -1.12. The lowest BCUT2D eigenvalue weighted by Gasteiger charge is -2.36. The first-order chi connectivity index (χ1) is 8.60. The van der Waals surface area contributed by atoms with Crippen LogP contribution in [0.15, 0.2) is 28.5 Å². The van der Waals surface area contributed by atoms with Gasteiger partial charge in [-0.3, -0.25) is 4.99 Å². The van der Waals surface area contributed by atoms with E-state index in [0.717, 1.165) is 36.2 Å². The molecule has 3 heteroatoms. The van der Waals surface area contributed by atoms with Crippen LogP contribution in [0.1, 0.15) is 33.6 Å². The summed E-state index contributed by atoms with van der Waals surface area (Å²) in [6.45, 7) is 11.7. The van der Waals surface area contributed by atoms with Crippen molar-refractivity contribution in [3.63, 3.8) is 0 Å². The molecule has 0 N–H and O–H groups in total. The molecule has 0 aromatic carbocycles. The van der Waals surface area contributed by atoms with Crippen LogP contribution in [0.25, 0.3) is 0 Å². The number of piperidine rings is 1. The summed E-state index contributed by atoms with van der Waals surface area (Å²) in [6.07, 6.45) is 5.76. The molecule has 0 atom stereocenters. The van der Waals surface area contributed by atoms with Crippen LogP contribution in [0, 0.1) is 11.8 Å². The Morgan fingerprint density at radius 1 is 1.44 bits per heavy atom. The second-order valence-electron chi connectivity index (χ2n) is 5.31. The van der Waals surface area contributed by atoms with E-state index in [4.69, 9.17) is 0 Å². The van der Waals surface area contributed by atoms with Gasteiger partial charge in [0.05, 0.1) is 5.70 Å². The molecule has 1 saturated heterocycles. The van der Waals surface area contributed by atoms with Gasteiger partial charge in [-0.15, -0.1) is 0 Å². The molecular weight excluding hydrogens is 227 g/mol. The fourth-order valence-electron chi connectivity index (χ4n) is 2.55. The van der Waals surface area contributed by atoms with Crippen molar-refractivity contribution >= 4 is 6.72 Å². The van der Waals surface area contributed by atoms with E-state index in [0.29, 0.717) is 0 Å². The van der Waals surface area contributed by atoms with Crippen LogP contribution in [0.5, 0.6) is 0 Å². The molecule has 102 valence electrons. The molecule has 18 heavy (non-hydrogen) atoms. The summed E-state index contributed by atoms with van der Waals surface area (Å²) in [5, 5.41) is 0. The molecule has 0 aromatic heterocycles. The summed E-state index contributed by atoms with van der Waals surface area (Å²) >= 11 is 0. The third-order valence-corrected chi connectivity index (χ3v) is 3.82. The average Bonchev–Trinajstić information content (AvgIpc) is 2.36. The second kappa shape index (κ2) is 7.34. The summed E-state index contributed by atoms with van der Waals surface area (Å²) in [5.41, 5.74) is 1.97. The SMILES string of the molecule is C=N/C=C(\C(C)=C/CF)N1CCC(C(C)C)CC1. The normalized spacial score (nSPS) is 19.5. The highest BCUT2D eigenvalue weighted by molar-refractivity contribution is 5.32. The van der Waals surface area contributed by atoms with Crippen LogP contribution in [0.2, 0.25) is 0 Å². The van der Waals surface area contributed by atoms with E-state index in [1.54, 1.807) is 12.3 Å². The van der Waals surface area contributed by atoms with Gasteiger partial charge in [-0.05, 0) is 50.0 Å². The number of aliphatic imine (C=N–C) groups is 1. The van der Waals surface area contributed by atoms with E-state index in [9.17, 15) is 4.39 Å². The van der Waals surface area contributed by atoms with Gasteiger partial charge in [0.15, 0.2) is 0 Å². The van der Waals surface area contributed by atoms with Gasteiger partial charge in [0.2, 0.25) is 0 Å². The number of likely N-dealkylation sites (tertiary alicyclic amines) is 1. The van der Waals surface area contributed by atoms with Gasteiger partial charge in [-0.2, -0.15) is 0 Å². The molecule has 0 spiro atoms. The van der Waals surface area contributed by atoms with Gasteiger partial charge < -0.3 is 4.90 Å². The van der Waals surface area contributed by atoms with Crippen molar-refractivity contribution in [2.45, 2.75) is 33.6 Å². The largest absolute Gasteiger partial charge is 0.370 e. The van der Waals surface area contributed by atoms with Crippen LogP contribution in [-0.2, 0) is 0 Å². The van der Waals surface area contributed by atoms with Crippen molar-refractivity contribution < 1.29 is 4.39 Å². The summed E-state index contributed by atoms with van der Waals surface area (Å²) < 4.78 is 12.4. The lowest BCUT2D eigenvalue weighted by Crippen LogP contribution is -2.35. The van der Waals surface area contributed by atoms with Gasteiger partial charge in [0.25, 0.3) is 0 Å². The van der Waals surface area contributed by atoms with E-state index in [1.807, 2.05) is 6.92 Å². The minimum absolute atomic E-state index is 0.428. The van der Waals surface area contributed by atoms with Gasteiger partial charge >= 0.3 is 0 Å². The number of nitrogens with zero attached hydrogens (tertiary/aromatic N) is 2. The number of halogens is 1. The predicted molar refractivity (Wildman–Crippen MR) is 76.5 cm³/mol. The van der Waals surface area contributed by atoms with Gasteiger partial charge in [0.1, 0.15) is 6.67 Å². The van der Waals surface area contributed by atoms with Gasteiger partial charge in [0, 0.05) is 19.3 Å². The summed E-state index contributed by atoms with van der Waals surface area (Å²) in [4.78, 5) is 6.15. The highest BCUT2D eigenvalue weighted by Crippen LogP contribution is 2.28. The highest BCUT2D eigenvalue weighted by Gasteiger charge is 2.23. The molecule has 0 bridgehead atoms. The standard InChI is InChI=1S/C15H25FN2/c1-12(2)14-6-9-18(10-7-14)15(11-17-4)13(3)5-8-16/h5,11-12,14H,4,6-10H2,1-3H3/b13-5-,15-11+. The maximum absolute atomic E-state index is 12.4. The Morgan fingerprint density at radius 3 is 2.50 bits per heavy atom. The predicted octanol–water partition coefficient (Wildman–Crippen LogP) is 3.81. The number of allylic oxidation sites excluding steroid dienone is 2. The first-order valence-corrected chi connectivity index (χ1v) is 6.74. The molecule has 1 heterocycles. The topological polar surface area (TPSA) is 15.6 Å². The number of alkyl halides is 1. The Balaban J connectivity index is 2.70. The number of rotatable bonds is 5. The lowest BCUT2D eigenvalue weighted by atomic mass is 9.86. The molecule has 1 rings (SSSR count). The minimum atomic E-state index is -0.428. The first-order valence-electron chi connectivity index (χ1n) is 6.74. The third kappa shape index (κ3) is 3.97. The molecular formula is C15H25FN2. The molecule has 0 aromatic rings. The van der Waals surface area contributed by atoms with Gasteiger partial charge in [-0.1, -0.05) is 13.8 Å². The monoisotopic (exact) mass is 252 g/mol. The maximum Gasteiger partial charge on any atom is 0.108 e. The quantitative estimate of drug-likeness (QED) is 0.536. The molecule has 0 unspecified atom stereocenters. The van der Waals surface area contributed by atoms with Gasteiger partial charge in [-0.25, -0.2) is 4.39 Å². The zero-order valence-corrected chi connectivity index (χ0v) is 11.8. The Morgan fingerprint density at radius 2 is 2.06 bits per heavy atom. The van der Waals surface area contributed by atoms with Crippen molar-refractivity contribution in [3.8, 4) is 0 Å². The van der Waals surface area contributed by atoms with E-state index in [1.165, 1.54) is 12.8 Å². The molecule has 1 fully saturated rings. The molecule has 2 nitrogen and oxygen atoms in total. The van der Waals surface area contributed by atoms with Crippen LogP contribution >= 0.6 is 0 Å². The summed E-state index contributed by atoms with van der Waals surface area (Å²) in [7, 11) is 0. The lowest BCUT2D eigenvalue weighted by molar-refractivity contribution is 0.193. The molecule has 0 radical (unpaired) electrons. The van der Waals surface area contributed by atoms with Crippen molar-refractivity contribution in [3.05, 3.63) is 23.5 Å². The second-order valence-corrected chi connectivity index (χ2v) is 5.31. The summed E-state index contributed by atoms with van der Waals surface area (Å²) in [5.74, 6) is 1.56. The fraction of sp³-hybridized carbons (Fsp3) is 0.667. The van der Waals surface area contributed by atoms with E-state index in [2.05, 4.69) is 30.5 Å². The maximum atomic E-state index is 12.4. The summed E-state index contributed by atoms with van der Waals surface area (Å²) in [6, 6.07) is 0. The van der Waals surface area contributed by atoms with Crippen LogP contribution < -0.4 is 0 Å². The number of hydrogen-bond acceptors (Lipinski definition) is 2. The zero-order valence-electron chi connectivity index (χ0n) is 11.8. The Labute approximate surface area is 110 Å². The average molecular weight is 252 g/mol. The van der Waals surface area contributed by atoms with Crippen LogP contribution in [-0.4, -0.2) is 31.4 Å². The highest BCUT2D eigenvalue weighted by atomic mass is 19.1. The Kier molecular flexibility index (Phi) is 6.10. The van der Waals surface area contributed by atoms with Crippen molar-refractivity contribution in [1.29, 1.82) is 0 Å². The fourth-order valence-corrected chi connectivity index (χ4v) is 2.55. The molecule has 0 saturated carbocycles. The number of hydrogen-bond donors (Lipinski definition) is 0. The van der Waals surface area contributed by atoms with Crippen LogP contribution in [0.4, 0.5) is 4.39 Å².